The SMILES string of the molecule is C[C@@H]1CCN(C(=O)Cc2n[nH]c(=O)c3ccccc23)c2ccccc2S1. The van der Waals surface area contributed by atoms with Gasteiger partial charge in [-0.1, -0.05) is 37.3 Å². The lowest BCUT2D eigenvalue weighted by atomic mass is 10.1. The van der Waals surface area contributed by atoms with Crippen LogP contribution in [0.4, 0.5) is 5.69 Å². The number of benzene rings is 2. The number of hydrogen-bond acceptors (Lipinski definition) is 4. The first kappa shape index (κ1) is 16.8. The molecule has 2 aromatic carbocycles. The number of carbonyl (C=O) groups is 1. The third-order valence-corrected chi connectivity index (χ3v) is 5.88. The second kappa shape index (κ2) is 6.96. The van der Waals surface area contributed by atoms with E-state index in [1.807, 2.05) is 53.1 Å². The van der Waals surface area contributed by atoms with E-state index < -0.39 is 0 Å². The number of carbonyl (C=O) groups excluding carboxylic acids is 1. The molecule has 0 saturated heterocycles. The van der Waals surface area contributed by atoms with Crippen molar-refractivity contribution in [3.8, 4) is 0 Å². The zero-order valence-corrected chi connectivity index (χ0v) is 15.3. The summed E-state index contributed by atoms with van der Waals surface area (Å²) >= 11 is 1.81. The monoisotopic (exact) mass is 365 g/mol. The Hall–Kier alpha value is -2.60. The summed E-state index contributed by atoms with van der Waals surface area (Å²) in [5, 5.41) is 8.41. The highest BCUT2D eigenvalue weighted by molar-refractivity contribution is 8.00. The van der Waals surface area contributed by atoms with Crippen LogP contribution in [-0.4, -0.2) is 27.9 Å². The maximum Gasteiger partial charge on any atom is 0.272 e. The van der Waals surface area contributed by atoms with Gasteiger partial charge in [0.05, 0.1) is 23.2 Å². The summed E-state index contributed by atoms with van der Waals surface area (Å²) in [7, 11) is 0. The zero-order chi connectivity index (χ0) is 18.1. The van der Waals surface area contributed by atoms with Crippen molar-refractivity contribution in [1.82, 2.24) is 10.2 Å². The second-order valence-corrected chi connectivity index (χ2v) is 7.93. The number of fused-ring (bicyclic) bond motifs is 2. The smallest absolute Gasteiger partial charge is 0.272 e. The molecular formula is C20H19N3O2S. The van der Waals surface area contributed by atoms with E-state index in [-0.39, 0.29) is 17.9 Å². The molecule has 0 spiro atoms. The Bertz CT molecular complexity index is 1030. The Balaban J connectivity index is 1.69. The number of thioether (sulfide) groups is 1. The van der Waals surface area contributed by atoms with Crippen LogP contribution >= 0.6 is 11.8 Å². The number of nitrogens with zero attached hydrogens (tertiary/aromatic N) is 2. The summed E-state index contributed by atoms with van der Waals surface area (Å²) in [5.74, 6) is -0.00291. The minimum atomic E-state index is -0.234. The standard InChI is InChI=1S/C20H19N3O2S/c1-13-10-11-23(17-8-4-5-9-18(17)26-13)19(24)12-16-14-6-2-3-7-15(14)20(25)22-21-16/h2-9,13H,10-12H2,1H3,(H,22,25)/t13-/m1/s1. The fourth-order valence-corrected chi connectivity index (χ4v) is 4.40. The number of nitrogens with one attached hydrogen (secondary N) is 1. The predicted molar refractivity (Wildman–Crippen MR) is 105 cm³/mol. The molecule has 0 saturated carbocycles. The molecule has 0 bridgehead atoms. The van der Waals surface area contributed by atoms with Crippen LogP contribution in [0, 0.1) is 0 Å². The molecule has 4 rings (SSSR count). The van der Waals surface area contributed by atoms with Crippen LogP contribution in [0.3, 0.4) is 0 Å². The molecule has 1 amide bonds. The summed E-state index contributed by atoms with van der Waals surface area (Å²) in [6.07, 6.45) is 1.09. The van der Waals surface area contributed by atoms with Gasteiger partial charge < -0.3 is 4.90 Å². The molecule has 1 aliphatic heterocycles. The average molecular weight is 365 g/mol. The van der Waals surface area contributed by atoms with Crippen molar-refractivity contribution in [2.24, 2.45) is 0 Å². The fraction of sp³-hybridized carbons (Fsp3) is 0.250. The highest BCUT2D eigenvalue weighted by atomic mass is 32.2. The summed E-state index contributed by atoms with van der Waals surface area (Å²) < 4.78 is 0. The van der Waals surface area contributed by atoms with Gasteiger partial charge in [-0.25, -0.2) is 5.10 Å². The van der Waals surface area contributed by atoms with Crippen molar-refractivity contribution in [3.63, 3.8) is 0 Å². The number of hydrogen-bond donors (Lipinski definition) is 1. The van der Waals surface area contributed by atoms with Crippen molar-refractivity contribution in [3.05, 3.63) is 64.6 Å². The van der Waals surface area contributed by atoms with E-state index in [9.17, 15) is 9.59 Å². The number of aromatic amines is 1. The Labute approximate surface area is 155 Å². The number of anilines is 1. The van der Waals surface area contributed by atoms with Gasteiger partial charge in [-0.15, -0.1) is 11.8 Å². The summed E-state index contributed by atoms with van der Waals surface area (Å²) in [6, 6.07) is 15.3. The Kier molecular flexibility index (Phi) is 4.51. The average Bonchev–Trinajstić information content (AvgIpc) is 2.82. The van der Waals surface area contributed by atoms with E-state index in [4.69, 9.17) is 0 Å². The molecule has 0 unspecified atom stereocenters. The van der Waals surface area contributed by atoms with Gasteiger partial charge in [-0.2, -0.15) is 5.10 Å². The van der Waals surface area contributed by atoms with Crippen molar-refractivity contribution >= 4 is 34.1 Å². The lowest BCUT2D eigenvalue weighted by molar-refractivity contribution is -0.118. The van der Waals surface area contributed by atoms with Crippen LogP contribution in [0.15, 0.2) is 58.2 Å². The summed E-state index contributed by atoms with van der Waals surface area (Å²) in [5.41, 5.74) is 1.33. The molecule has 0 fully saturated rings. The van der Waals surface area contributed by atoms with Gasteiger partial charge in [0.25, 0.3) is 5.56 Å². The van der Waals surface area contributed by atoms with Gasteiger partial charge in [-0.05, 0) is 24.6 Å². The first-order valence-corrected chi connectivity index (χ1v) is 9.54. The predicted octanol–water partition coefficient (Wildman–Crippen LogP) is 3.38. The van der Waals surface area contributed by atoms with Gasteiger partial charge >= 0.3 is 0 Å². The van der Waals surface area contributed by atoms with E-state index in [0.29, 0.717) is 22.9 Å². The Morgan fingerprint density at radius 1 is 1.19 bits per heavy atom. The van der Waals surface area contributed by atoms with Gasteiger partial charge in [0.15, 0.2) is 0 Å². The molecule has 5 nitrogen and oxygen atoms in total. The maximum atomic E-state index is 13.1. The maximum absolute atomic E-state index is 13.1. The topological polar surface area (TPSA) is 66.1 Å². The molecule has 132 valence electrons. The lowest BCUT2D eigenvalue weighted by Crippen LogP contribution is -2.34. The van der Waals surface area contributed by atoms with E-state index in [0.717, 1.165) is 22.4 Å². The highest BCUT2D eigenvalue weighted by Gasteiger charge is 2.25. The van der Waals surface area contributed by atoms with Gasteiger partial charge in [0.2, 0.25) is 5.91 Å². The highest BCUT2D eigenvalue weighted by Crippen LogP contribution is 2.37. The molecule has 1 aliphatic rings. The summed E-state index contributed by atoms with van der Waals surface area (Å²) in [4.78, 5) is 28.0. The third kappa shape index (κ3) is 3.12. The van der Waals surface area contributed by atoms with Crippen molar-refractivity contribution in [2.75, 3.05) is 11.4 Å². The largest absolute Gasteiger partial charge is 0.311 e. The van der Waals surface area contributed by atoms with Crippen molar-refractivity contribution in [2.45, 2.75) is 29.9 Å². The molecule has 1 N–H and O–H groups in total. The van der Waals surface area contributed by atoms with Crippen LogP contribution < -0.4 is 10.5 Å². The van der Waals surface area contributed by atoms with Crippen LogP contribution in [0.5, 0.6) is 0 Å². The van der Waals surface area contributed by atoms with Crippen LogP contribution in [-0.2, 0) is 11.2 Å². The normalized spacial score (nSPS) is 17.0. The van der Waals surface area contributed by atoms with Crippen LogP contribution in [0.2, 0.25) is 0 Å². The summed E-state index contributed by atoms with van der Waals surface area (Å²) in [6.45, 7) is 2.87. The third-order valence-electron chi connectivity index (χ3n) is 4.64. The van der Waals surface area contributed by atoms with Crippen molar-refractivity contribution < 1.29 is 4.79 Å². The molecule has 3 aromatic rings. The minimum absolute atomic E-state index is 0.00291. The quantitative estimate of drug-likeness (QED) is 0.756. The van der Waals surface area contributed by atoms with E-state index in [2.05, 4.69) is 23.2 Å². The van der Waals surface area contributed by atoms with Crippen molar-refractivity contribution in [1.29, 1.82) is 0 Å². The second-order valence-electron chi connectivity index (χ2n) is 6.45. The van der Waals surface area contributed by atoms with E-state index in [1.165, 1.54) is 0 Å². The van der Waals surface area contributed by atoms with Gasteiger partial charge in [0.1, 0.15) is 0 Å². The lowest BCUT2D eigenvalue weighted by Gasteiger charge is -2.22. The fourth-order valence-electron chi connectivity index (χ4n) is 3.29. The molecule has 1 aromatic heterocycles. The molecule has 0 radical (unpaired) electrons. The van der Waals surface area contributed by atoms with E-state index >= 15 is 0 Å². The molecule has 2 heterocycles. The molecule has 26 heavy (non-hydrogen) atoms. The van der Waals surface area contributed by atoms with E-state index in [1.54, 1.807) is 6.07 Å². The van der Waals surface area contributed by atoms with Crippen LogP contribution in [0.25, 0.3) is 10.8 Å². The molecule has 0 aliphatic carbocycles. The van der Waals surface area contributed by atoms with Crippen LogP contribution in [0.1, 0.15) is 19.0 Å². The zero-order valence-electron chi connectivity index (χ0n) is 14.4. The first-order chi connectivity index (χ1) is 12.6. The Morgan fingerprint density at radius 3 is 2.77 bits per heavy atom. The Morgan fingerprint density at radius 2 is 1.92 bits per heavy atom. The number of amides is 1. The number of aromatic nitrogens is 2. The number of rotatable bonds is 2. The van der Waals surface area contributed by atoms with Gasteiger partial charge in [0, 0.05) is 22.1 Å². The molecular weight excluding hydrogens is 346 g/mol. The number of H-pyrrole nitrogens is 1. The number of para-hydroxylation sites is 1. The molecule has 6 heteroatoms. The minimum Gasteiger partial charge on any atom is -0.311 e. The first-order valence-electron chi connectivity index (χ1n) is 8.66. The van der Waals surface area contributed by atoms with Gasteiger partial charge in [-0.3, -0.25) is 9.59 Å². The molecule has 1 atom stereocenters.